The summed E-state index contributed by atoms with van der Waals surface area (Å²) < 4.78 is 35.7. The van der Waals surface area contributed by atoms with Gasteiger partial charge < -0.3 is 0 Å². The number of hydrogen-bond donors (Lipinski definition) is 0. The standard InChI is InChI=1S/C9H10F2OS/c10-5-2-6-13(12)9-4-1-3-8(11)7-9/h1,3-4,7H,2,5-6H2. The predicted molar refractivity (Wildman–Crippen MR) is 48.3 cm³/mol. The molecule has 0 spiro atoms. The zero-order valence-electron chi connectivity index (χ0n) is 7.00. The van der Waals surface area contributed by atoms with E-state index in [0.29, 0.717) is 4.90 Å². The van der Waals surface area contributed by atoms with Crippen LogP contribution >= 0.6 is 0 Å². The maximum absolute atomic E-state index is 12.6. The first-order valence-corrected chi connectivity index (χ1v) is 5.26. The Morgan fingerprint density at radius 2 is 2.15 bits per heavy atom. The van der Waals surface area contributed by atoms with Gasteiger partial charge >= 0.3 is 0 Å². The molecule has 0 aromatic heterocycles. The number of rotatable bonds is 4. The van der Waals surface area contributed by atoms with Crippen LogP contribution in [-0.2, 0) is 10.8 Å². The number of halogens is 2. The molecule has 0 radical (unpaired) electrons. The molecule has 0 N–H and O–H groups in total. The maximum atomic E-state index is 12.6. The second-order valence-electron chi connectivity index (χ2n) is 2.55. The van der Waals surface area contributed by atoms with Crippen molar-refractivity contribution in [3.8, 4) is 0 Å². The van der Waals surface area contributed by atoms with E-state index in [1.807, 2.05) is 0 Å². The summed E-state index contributed by atoms with van der Waals surface area (Å²) in [5.41, 5.74) is 0. The molecule has 4 heteroatoms. The minimum atomic E-state index is -1.27. The Morgan fingerprint density at radius 1 is 1.38 bits per heavy atom. The molecule has 0 bridgehead atoms. The van der Waals surface area contributed by atoms with Gasteiger partial charge in [-0.25, -0.2) is 4.39 Å². The Morgan fingerprint density at radius 3 is 2.77 bits per heavy atom. The third kappa shape index (κ3) is 3.22. The molecule has 0 aliphatic heterocycles. The molecule has 1 rings (SSSR count). The minimum Gasteiger partial charge on any atom is -0.254 e. The Labute approximate surface area is 78.2 Å². The van der Waals surface area contributed by atoms with Gasteiger partial charge in [0.1, 0.15) is 5.82 Å². The van der Waals surface area contributed by atoms with Crippen molar-refractivity contribution in [2.45, 2.75) is 11.3 Å². The number of hydrogen-bond acceptors (Lipinski definition) is 1. The van der Waals surface area contributed by atoms with Gasteiger partial charge in [-0.15, -0.1) is 0 Å². The van der Waals surface area contributed by atoms with Crippen molar-refractivity contribution in [3.05, 3.63) is 30.1 Å². The molecule has 1 aromatic rings. The van der Waals surface area contributed by atoms with E-state index in [1.165, 1.54) is 18.2 Å². The lowest BCUT2D eigenvalue weighted by atomic mass is 10.4. The fourth-order valence-electron chi connectivity index (χ4n) is 0.912. The van der Waals surface area contributed by atoms with Crippen molar-refractivity contribution >= 4 is 10.8 Å². The predicted octanol–water partition coefficient (Wildman–Crippen LogP) is 2.29. The number of benzene rings is 1. The van der Waals surface area contributed by atoms with Gasteiger partial charge in [-0.1, -0.05) is 6.07 Å². The zero-order chi connectivity index (χ0) is 9.68. The lowest BCUT2D eigenvalue weighted by Gasteiger charge is -1.99. The molecule has 1 unspecified atom stereocenters. The third-order valence-electron chi connectivity index (χ3n) is 1.52. The van der Waals surface area contributed by atoms with E-state index in [-0.39, 0.29) is 12.2 Å². The van der Waals surface area contributed by atoms with Gasteiger partial charge in [0, 0.05) is 10.6 Å². The smallest absolute Gasteiger partial charge is 0.124 e. The summed E-state index contributed by atoms with van der Waals surface area (Å²) >= 11 is 0. The quantitative estimate of drug-likeness (QED) is 0.735. The largest absolute Gasteiger partial charge is 0.254 e. The monoisotopic (exact) mass is 204 g/mol. The van der Waals surface area contributed by atoms with Crippen molar-refractivity contribution in [3.63, 3.8) is 0 Å². The van der Waals surface area contributed by atoms with Gasteiger partial charge in [0.05, 0.1) is 17.5 Å². The molecule has 72 valence electrons. The van der Waals surface area contributed by atoms with Gasteiger partial charge in [0.15, 0.2) is 0 Å². The van der Waals surface area contributed by atoms with Crippen LogP contribution in [0, 0.1) is 5.82 Å². The van der Waals surface area contributed by atoms with Crippen LogP contribution < -0.4 is 0 Å². The van der Waals surface area contributed by atoms with Crippen molar-refractivity contribution in [2.75, 3.05) is 12.4 Å². The van der Waals surface area contributed by atoms with E-state index in [1.54, 1.807) is 6.07 Å². The second-order valence-corrected chi connectivity index (χ2v) is 4.12. The average Bonchev–Trinajstić information content (AvgIpc) is 2.14. The highest BCUT2D eigenvalue weighted by Gasteiger charge is 2.03. The molecule has 0 heterocycles. The lowest BCUT2D eigenvalue weighted by molar-refractivity contribution is 0.488. The van der Waals surface area contributed by atoms with E-state index in [0.717, 1.165) is 0 Å². The van der Waals surface area contributed by atoms with Crippen LogP contribution in [0.4, 0.5) is 8.78 Å². The molecule has 0 aliphatic rings. The average molecular weight is 204 g/mol. The summed E-state index contributed by atoms with van der Waals surface area (Å²) in [6.07, 6.45) is 0.253. The first kappa shape index (κ1) is 10.3. The van der Waals surface area contributed by atoms with Crippen LogP contribution in [0.1, 0.15) is 6.42 Å². The fraction of sp³-hybridized carbons (Fsp3) is 0.333. The van der Waals surface area contributed by atoms with Crippen molar-refractivity contribution in [1.82, 2.24) is 0 Å². The Balaban J connectivity index is 2.66. The highest BCUT2D eigenvalue weighted by atomic mass is 32.2. The third-order valence-corrected chi connectivity index (χ3v) is 2.96. The summed E-state index contributed by atoms with van der Waals surface area (Å²) in [7, 11) is -1.27. The Kier molecular flexibility index (Phi) is 4.02. The molecule has 0 fully saturated rings. The molecular formula is C9H10F2OS. The van der Waals surface area contributed by atoms with Crippen LogP contribution in [0.5, 0.6) is 0 Å². The highest BCUT2D eigenvalue weighted by Crippen LogP contribution is 2.09. The second kappa shape index (κ2) is 5.07. The molecule has 13 heavy (non-hydrogen) atoms. The zero-order valence-corrected chi connectivity index (χ0v) is 7.82. The molecule has 0 saturated heterocycles. The normalized spacial score (nSPS) is 12.8. The molecule has 1 aromatic carbocycles. The molecule has 0 saturated carbocycles. The van der Waals surface area contributed by atoms with Gasteiger partial charge in [0.25, 0.3) is 0 Å². The molecular weight excluding hydrogens is 194 g/mol. The Bertz CT molecular complexity index is 301. The summed E-state index contributed by atoms with van der Waals surface area (Å²) in [6, 6.07) is 5.58. The van der Waals surface area contributed by atoms with Gasteiger partial charge in [-0.05, 0) is 24.6 Å². The van der Waals surface area contributed by atoms with Crippen LogP contribution in [0.15, 0.2) is 29.2 Å². The van der Waals surface area contributed by atoms with Crippen LogP contribution in [-0.4, -0.2) is 16.6 Å². The van der Waals surface area contributed by atoms with E-state index in [9.17, 15) is 13.0 Å². The van der Waals surface area contributed by atoms with Crippen LogP contribution in [0.2, 0.25) is 0 Å². The van der Waals surface area contributed by atoms with E-state index in [4.69, 9.17) is 0 Å². The van der Waals surface area contributed by atoms with Crippen molar-refractivity contribution in [2.24, 2.45) is 0 Å². The van der Waals surface area contributed by atoms with Crippen LogP contribution in [0.3, 0.4) is 0 Å². The topological polar surface area (TPSA) is 17.1 Å². The van der Waals surface area contributed by atoms with Gasteiger partial charge in [-0.3, -0.25) is 8.60 Å². The van der Waals surface area contributed by atoms with E-state index < -0.39 is 23.3 Å². The van der Waals surface area contributed by atoms with E-state index in [2.05, 4.69) is 0 Å². The summed E-state index contributed by atoms with van der Waals surface area (Å²) in [5, 5.41) is 0. The molecule has 0 amide bonds. The summed E-state index contributed by atoms with van der Waals surface area (Å²) in [6.45, 7) is -0.485. The molecule has 1 nitrogen and oxygen atoms in total. The molecule has 1 atom stereocenters. The maximum Gasteiger partial charge on any atom is 0.124 e. The SMILES string of the molecule is O=S(CCCF)c1cccc(F)c1. The minimum absolute atomic E-state index is 0.250. The van der Waals surface area contributed by atoms with Crippen LogP contribution in [0.25, 0.3) is 0 Å². The number of alkyl halides is 1. The van der Waals surface area contributed by atoms with Crippen molar-refractivity contribution < 1.29 is 13.0 Å². The van der Waals surface area contributed by atoms with Gasteiger partial charge in [0.2, 0.25) is 0 Å². The molecule has 0 aliphatic carbocycles. The first-order chi connectivity index (χ1) is 6.24. The fourth-order valence-corrected chi connectivity index (χ4v) is 1.99. The summed E-state index contributed by atoms with van der Waals surface area (Å²) in [5.74, 6) is -0.161. The first-order valence-electron chi connectivity index (χ1n) is 3.94. The van der Waals surface area contributed by atoms with E-state index >= 15 is 0 Å². The lowest BCUT2D eigenvalue weighted by Crippen LogP contribution is -1.99. The van der Waals surface area contributed by atoms with Crippen molar-refractivity contribution in [1.29, 1.82) is 0 Å². The van der Waals surface area contributed by atoms with Gasteiger partial charge in [-0.2, -0.15) is 0 Å². The summed E-state index contributed by atoms with van der Waals surface area (Å²) in [4.78, 5) is 0.424. The Hall–Kier alpha value is -0.770. The highest BCUT2D eigenvalue weighted by molar-refractivity contribution is 7.85.